The number of hydrogen-bond acceptors (Lipinski definition) is 3. The lowest BCUT2D eigenvalue weighted by atomic mass is 10.2. The summed E-state index contributed by atoms with van der Waals surface area (Å²) in [5.41, 5.74) is -0.704. The number of terminal acetylenes is 1. The van der Waals surface area contributed by atoms with Gasteiger partial charge in [0.15, 0.2) is 0 Å². The van der Waals surface area contributed by atoms with Crippen molar-refractivity contribution in [2.24, 2.45) is 11.8 Å². The first-order chi connectivity index (χ1) is 8.09. The van der Waals surface area contributed by atoms with E-state index in [1.54, 1.807) is 26.7 Å². The van der Waals surface area contributed by atoms with Gasteiger partial charge in [-0.05, 0) is 26.7 Å². The van der Waals surface area contributed by atoms with Gasteiger partial charge in [0.05, 0.1) is 5.92 Å². The minimum Gasteiger partial charge on any atom is -0.444 e. The van der Waals surface area contributed by atoms with E-state index in [-0.39, 0.29) is 6.54 Å². The first-order valence-corrected chi connectivity index (χ1v) is 5.44. The van der Waals surface area contributed by atoms with Gasteiger partial charge in [0, 0.05) is 6.54 Å². The van der Waals surface area contributed by atoms with E-state index < -0.39 is 35.2 Å². The number of rotatable bonds is 3. The second-order valence-corrected chi connectivity index (χ2v) is 5.15. The predicted molar refractivity (Wildman–Crippen MR) is 60.0 cm³/mol. The van der Waals surface area contributed by atoms with Gasteiger partial charge in [-0.1, -0.05) is 0 Å². The molecule has 6 heteroatoms. The molecule has 4 nitrogen and oxygen atoms in total. The SMILES string of the molecule is C#CC(=O)C1C(CNC(=O)OC(C)(C)C)C1(F)F. The summed E-state index contributed by atoms with van der Waals surface area (Å²) < 4.78 is 31.2. The highest BCUT2D eigenvalue weighted by Gasteiger charge is 2.71. The highest BCUT2D eigenvalue weighted by atomic mass is 19.3. The van der Waals surface area contributed by atoms with Crippen LogP contribution in [0.5, 0.6) is 0 Å². The Labute approximate surface area is 104 Å². The fraction of sp³-hybridized carbons (Fsp3) is 0.667. The summed E-state index contributed by atoms with van der Waals surface area (Å²) in [5.74, 6) is -5.13. The van der Waals surface area contributed by atoms with Crippen LogP contribution in [0.2, 0.25) is 0 Å². The summed E-state index contributed by atoms with van der Waals surface area (Å²) in [6.07, 6.45) is 4.00. The monoisotopic (exact) mass is 259 g/mol. The van der Waals surface area contributed by atoms with Gasteiger partial charge in [0.25, 0.3) is 5.92 Å². The Bertz CT molecular complexity index is 407. The van der Waals surface area contributed by atoms with Crippen LogP contribution in [-0.4, -0.2) is 29.9 Å². The molecule has 2 atom stereocenters. The molecule has 0 heterocycles. The van der Waals surface area contributed by atoms with Gasteiger partial charge in [0.1, 0.15) is 11.5 Å². The minimum absolute atomic E-state index is 0.333. The third-order valence-corrected chi connectivity index (χ3v) is 2.49. The van der Waals surface area contributed by atoms with Crippen molar-refractivity contribution in [3.05, 3.63) is 0 Å². The first-order valence-electron chi connectivity index (χ1n) is 5.44. The number of carbonyl (C=O) groups excluding carboxylic acids is 2. The van der Waals surface area contributed by atoms with Crippen LogP contribution >= 0.6 is 0 Å². The molecule has 0 saturated heterocycles. The highest BCUT2D eigenvalue weighted by Crippen LogP contribution is 2.55. The fourth-order valence-electron chi connectivity index (χ4n) is 1.60. The van der Waals surface area contributed by atoms with E-state index in [4.69, 9.17) is 11.2 Å². The summed E-state index contributed by atoms with van der Waals surface area (Å²) in [4.78, 5) is 22.3. The summed E-state index contributed by atoms with van der Waals surface area (Å²) in [5, 5.41) is 2.20. The summed E-state index contributed by atoms with van der Waals surface area (Å²) in [6.45, 7) is 4.63. The van der Waals surface area contributed by atoms with Crippen LogP contribution in [0.25, 0.3) is 0 Å². The first kappa shape index (κ1) is 14.4. The van der Waals surface area contributed by atoms with Crippen molar-refractivity contribution in [2.75, 3.05) is 6.54 Å². The zero-order valence-corrected chi connectivity index (χ0v) is 10.4. The Hall–Kier alpha value is -1.64. The molecule has 1 saturated carbocycles. The number of Topliss-reactive ketones (excluding diaryl/α,β-unsaturated/α-hetero) is 1. The van der Waals surface area contributed by atoms with Crippen LogP contribution in [0.1, 0.15) is 20.8 Å². The number of halogens is 2. The third-order valence-electron chi connectivity index (χ3n) is 2.49. The number of hydrogen-bond donors (Lipinski definition) is 1. The highest BCUT2D eigenvalue weighted by molar-refractivity contribution is 6.00. The van der Waals surface area contributed by atoms with Crippen LogP contribution < -0.4 is 5.32 Å². The smallest absolute Gasteiger partial charge is 0.407 e. The molecule has 1 aliphatic carbocycles. The number of ether oxygens (including phenoxy) is 1. The van der Waals surface area contributed by atoms with Crippen molar-refractivity contribution < 1.29 is 23.1 Å². The summed E-state index contributed by atoms with van der Waals surface area (Å²) in [7, 11) is 0. The van der Waals surface area contributed by atoms with Crippen LogP contribution in [0.4, 0.5) is 13.6 Å². The second kappa shape index (κ2) is 4.56. The molecular weight excluding hydrogens is 244 g/mol. The van der Waals surface area contributed by atoms with Crippen molar-refractivity contribution in [2.45, 2.75) is 32.3 Å². The van der Waals surface area contributed by atoms with Gasteiger partial charge in [-0.2, -0.15) is 0 Å². The molecular formula is C12H15F2NO3. The maximum atomic E-state index is 13.2. The lowest BCUT2D eigenvalue weighted by molar-refractivity contribution is -0.116. The van der Waals surface area contributed by atoms with Crippen LogP contribution in [-0.2, 0) is 9.53 Å². The molecule has 0 aromatic rings. The lowest BCUT2D eigenvalue weighted by Crippen LogP contribution is -2.34. The maximum Gasteiger partial charge on any atom is 0.407 e. The van der Waals surface area contributed by atoms with Crippen molar-refractivity contribution in [1.29, 1.82) is 0 Å². The molecule has 0 spiro atoms. The number of nitrogens with one attached hydrogen (secondary N) is 1. The Morgan fingerprint density at radius 3 is 2.44 bits per heavy atom. The van der Waals surface area contributed by atoms with Crippen molar-refractivity contribution in [3.8, 4) is 12.3 Å². The van der Waals surface area contributed by atoms with E-state index in [1.807, 2.05) is 0 Å². The van der Waals surface area contributed by atoms with Crippen molar-refractivity contribution in [3.63, 3.8) is 0 Å². The number of alkyl halides is 2. The van der Waals surface area contributed by atoms with Crippen molar-refractivity contribution in [1.82, 2.24) is 5.32 Å². The molecule has 0 radical (unpaired) electrons. The molecule has 2 unspecified atom stereocenters. The van der Waals surface area contributed by atoms with E-state index in [9.17, 15) is 18.4 Å². The summed E-state index contributed by atoms with van der Waals surface area (Å²) >= 11 is 0. The largest absolute Gasteiger partial charge is 0.444 e. The number of alkyl carbamates (subject to hydrolysis) is 1. The molecule has 1 rings (SSSR count). The molecule has 1 amide bonds. The normalized spacial score (nSPS) is 24.9. The maximum absolute atomic E-state index is 13.2. The van der Waals surface area contributed by atoms with Crippen molar-refractivity contribution >= 4 is 11.9 Å². The molecule has 0 aliphatic heterocycles. The summed E-state index contributed by atoms with van der Waals surface area (Å²) in [6, 6.07) is 0. The zero-order chi connectivity index (χ0) is 14.1. The zero-order valence-electron chi connectivity index (χ0n) is 10.4. The van der Waals surface area contributed by atoms with E-state index in [2.05, 4.69) is 5.32 Å². The minimum atomic E-state index is -3.14. The fourth-order valence-corrected chi connectivity index (χ4v) is 1.60. The van der Waals surface area contributed by atoms with Crippen LogP contribution in [0.15, 0.2) is 0 Å². The Balaban J connectivity index is 2.45. The van der Waals surface area contributed by atoms with Gasteiger partial charge in [-0.25, -0.2) is 13.6 Å². The predicted octanol–water partition coefficient (Wildman–Crippen LogP) is 1.59. The average molecular weight is 259 g/mol. The molecule has 100 valence electrons. The van der Waals surface area contributed by atoms with E-state index in [1.165, 1.54) is 0 Å². The van der Waals surface area contributed by atoms with Crippen LogP contribution in [0, 0.1) is 24.2 Å². The third kappa shape index (κ3) is 3.19. The molecule has 0 aromatic heterocycles. The Kier molecular flexibility index (Phi) is 3.65. The molecule has 0 aromatic carbocycles. The number of carbonyl (C=O) groups is 2. The van der Waals surface area contributed by atoms with E-state index in [0.29, 0.717) is 0 Å². The van der Waals surface area contributed by atoms with Gasteiger partial charge in [-0.15, -0.1) is 6.42 Å². The Morgan fingerprint density at radius 1 is 1.44 bits per heavy atom. The molecule has 18 heavy (non-hydrogen) atoms. The van der Waals surface area contributed by atoms with E-state index in [0.717, 1.165) is 0 Å². The molecule has 1 aliphatic rings. The van der Waals surface area contributed by atoms with E-state index >= 15 is 0 Å². The standard InChI is InChI=1S/C12H15F2NO3/c1-5-8(16)9-7(12(9,13)14)6-15-10(17)18-11(2,3)4/h1,7,9H,6H2,2-4H3,(H,15,17). The molecule has 1 fully saturated rings. The second-order valence-electron chi connectivity index (χ2n) is 5.15. The molecule has 1 N–H and O–H groups in total. The Morgan fingerprint density at radius 2 is 2.00 bits per heavy atom. The number of amides is 1. The topological polar surface area (TPSA) is 55.4 Å². The van der Waals surface area contributed by atoms with Gasteiger partial charge in [-0.3, -0.25) is 4.79 Å². The van der Waals surface area contributed by atoms with Gasteiger partial charge in [0.2, 0.25) is 5.78 Å². The molecule has 0 bridgehead atoms. The average Bonchev–Trinajstić information content (AvgIpc) is 2.74. The lowest BCUT2D eigenvalue weighted by Gasteiger charge is -2.19. The van der Waals surface area contributed by atoms with Gasteiger partial charge < -0.3 is 10.1 Å². The quantitative estimate of drug-likeness (QED) is 0.618. The number of ketones is 1. The van der Waals surface area contributed by atoms with Crippen LogP contribution in [0.3, 0.4) is 0 Å². The van der Waals surface area contributed by atoms with Gasteiger partial charge >= 0.3 is 6.09 Å².